The van der Waals surface area contributed by atoms with Gasteiger partial charge < -0.3 is 10.4 Å². The second kappa shape index (κ2) is 15.9. The van der Waals surface area contributed by atoms with Crippen LogP contribution < -0.4 is 5.32 Å². The fourth-order valence-electron chi connectivity index (χ4n) is 3.34. The second-order valence-electron chi connectivity index (χ2n) is 7.42. The third-order valence-electron chi connectivity index (χ3n) is 5.00. The lowest BCUT2D eigenvalue weighted by Crippen LogP contribution is -2.39. The first kappa shape index (κ1) is 22.7. The minimum absolute atomic E-state index is 0.481. The molecule has 1 unspecified atom stereocenters. The average molecular weight is 362 g/mol. The van der Waals surface area contributed by atoms with Gasteiger partial charge >= 0.3 is 5.97 Å². The van der Waals surface area contributed by atoms with E-state index in [4.69, 9.17) is 0 Å². The topological polar surface area (TPSA) is 49.3 Å². The largest absolute Gasteiger partial charge is 0.480 e. The van der Waals surface area contributed by atoms with Crippen molar-refractivity contribution in [3.63, 3.8) is 0 Å². The van der Waals surface area contributed by atoms with Crippen LogP contribution >= 0.6 is 0 Å². The summed E-state index contributed by atoms with van der Waals surface area (Å²) in [4.78, 5) is 11.4. The highest BCUT2D eigenvalue weighted by atomic mass is 16.4. The summed E-state index contributed by atoms with van der Waals surface area (Å²) in [5.74, 6) is -0.757. The van der Waals surface area contributed by atoms with Gasteiger partial charge in [0.1, 0.15) is 6.04 Å². The van der Waals surface area contributed by atoms with E-state index in [1.54, 1.807) is 0 Å². The minimum Gasteiger partial charge on any atom is -0.480 e. The zero-order valence-corrected chi connectivity index (χ0v) is 16.7. The molecule has 0 radical (unpaired) electrons. The van der Waals surface area contributed by atoms with Crippen molar-refractivity contribution in [1.29, 1.82) is 0 Å². The number of aliphatic carboxylic acids is 1. The lowest BCUT2D eigenvalue weighted by atomic mass is 10.0. The quantitative estimate of drug-likeness (QED) is 0.336. The van der Waals surface area contributed by atoms with Crippen molar-refractivity contribution in [3.8, 4) is 0 Å². The maximum absolute atomic E-state index is 11.4. The van der Waals surface area contributed by atoms with Crippen LogP contribution in [-0.4, -0.2) is 23.7 Å². The summed E-state index contributed by atoms with van der Waals surface area (Å²) in [5, 5.41) is 12.6. The molecule has 0 aliphatic rings. The molecule has 0 heterocycles. The van der Waals surface area contributed by atoms with Crippen LogP contribution in [0.4, 0.5) is 0 Å². The first-order valence-corrected chi connectivity index (χ1v) is 10.7. The molecule has 0 aromatic heterocycles. The van der Waals surface area contributed by atoms with Crippen molar-refractivity contribution in [1.82, 2.24) is 5.32 Å². The number of hydrogen-bond acceptors (Lipinski definition) is 2. The number of rotatable bonds is 17. The second-order valence-corrected chi connectivity index (χ2v) is 7.42. The molecule has 0 saturated heterocycles. The molecule has 0 fully saturated rings. The standard InChI is InChI=1S/C23H39NO2/c1-2-3-4-5-6-7-8-9-10-11-12-16-19-24-22(23(25)26)20-21-17-14-13-15-18-21/h13-15,17-18,22,24H,2-12,16,19-20H2,1H3,(H,25,26). The molecule has 1 aromatic rings. The van der Waals surface area contributed by atoms with E-state index >= 15 is 0 Å². The summed E-state index contributed by atoms with van der Waals surface area (Å²) in [6.07, 6.45) is 16.5. The Morgan fingerprint density at radius 3 is 1.85 bits per heavy atom. The van der Waals surface area contributed by atoms with Crippen LogP contribution in [-0.2, 0) is 11.2 Å². The van der Waals surface area contributed by atoms with E-state index in [2.05, 4.69) is 12.2 Å². The fourth-order valence-corrected chi connectivity index (χ4v) is 3.34. The monoisotopic (exact) mass is 361 g/mol. The predicted octanol–water partition coefficient (Wildman–Crippen LogP) is 5.97. The van der Waals surface area contributed by atoms with Gasteiger partial charge in [0.25, 0.3) is 0 Å². The van der Waals surface area contributed by atoms with Gasteiger partial charge in [0.2, 0.25) is 0 Å². The first-order valence-electron chi connectivity index (χ1n) is 10.7. The molecule has 148 valence electrons. The maximum Gasteiger partial charge on any atom is 0.321 e. The van der Waals surface area contributed by atoms with Crippen molar-refractivity contribution >= 4 is 5.97 Å². The summed E-state index contributed by atoms with van der Waals surface area (Å²) >= 11 is 0. The molecular weight excluding hydrogens is 322 g/mol. The third-order valence-corrected chi connectivity index (χ3v) is 5.00. The van der Waals surface area contributed by atoms with E-state index in [1.807, 2.05) is 30.3 Å². The van der Waals surface area contributed by atoms with E-state index < -0.39 is 12.0 Å². The molecule has 2 N–H and O–H groups in total. The van der Waals surface area contributed by atoms with Gasteiger partial charge in [-0.1, -0.05) is 108 Å². The van der Waals surface area contributed by atoms with Gasteiger partial charge in [-0.05, 0) is 24.9 Å². The molecule has 0 aliphatic heterocycles. The number of nitrogens with one attached hydrogen (secondary N) is 1. The summed E-state index contributed by atoms with van der Waals surface area (Å²) in [5.41, 5.74) is 1.07. The fraction of sp³-hybridized carbons (Fsp3) is 0.696. The molecule has 26 heavy (non-hydrogen) atoms. The summed E-state index contributed by atoms with van der Waals surface area (Å²) in [6, 6.07) is 9.37. The lowest BCUT2D eigenvalue weighted by molar-refractivity contribution is -0.139. The molecule has 0 bridgehead atoms. The van der Waals surface area contributed by atoms with Crippen LogP contribution in [0.2, 0.25) is 0 Å². The molecule has 3 nitrogen and oxygen atoms in total. The smallest absolute Gasteiger partial charge is 0.321 e. The van der Waals surface area contributed by atoms with E-state index in [9.17, 15) is 9.90 Å². The summed E-state index contributed by atoms with van der Waals surface area (Å²) in [6.45, 7) is 3.06. The average Bonchev–Trinajstić information content (AvgIpc) is 2.65. The van der Waals surface area contributed by atoms with Gasteiger partial charge in [-0.25, -0.2) is 0 Å². The van der Waals surface area contributed by atoms with Gasteiger partial charge in [-0.15, -0.1) is 0 Å². The molecule has 0 amide bonds. The molecule has 1 aromatic carbocycles. The maximum atomic E-state index is 11.4. The lowest BCUT2D eigenvalue weighted by Gasteiger charge is -2.14. The first-order chi connectivity index (χ1) is 12.7. The number of benzene rings is 1. The zero-order chi connectivity index (χ0) is 18.9. The highest BCUT2D eigenvalue weighted by Crippen LogP contribution is 2.12. The molecule has 1 rings (SSSR count). The Labute approximate surface area is 160 Å². The number of carboxylic acid groups (broad SMARTS) is 1. The third kappa shape index (κ3) is 12.1. The van der Waals surface area contributed by atoms with Crippen molar-refractivity contribution < 1.29 is 9.90 Å². The van der Waals surface area contributed by atoms with E-state index in [0.717, 1.165) is 18.5 Å². The zero-order valence-electron chi connectivity index (χ0n) is 16.7. The molecular formula is C23H39NO2. The van der Waals surface area contributed by atoms with Gasteiger partial charge in [0.15, 0.2) is 0 Å². The van der Waals surface area contributed by atoms with Gasteiger partial charge in [-0.2, -0.15) is 0 Å². The Balaban J connectivity index is 1.96. The Morgan fingerprint density at radius 2 is 1.35 bits per heavy atom. The van der Waals surface area contributed by atoms with E-state index in [1.165, 1.54) is 70.6 Å². The van der Waals surface area contributed by atoms with Crippen LogP contribution in [0.15, 0.2) is 30.3 Å². The van der Waals surface area contributed by atoms with Crippen molar-refractivity contribution in [2.75, 3.05) is 6.54 Å². The SMILES string of the molecule is CCCCCCCCCCCCCCNC(Cc1ccccc1)C(=O)O. The Kier molecular flexibility index (Phi) is 13.8. The van der Waals surface area contributed by atoms with E-state index in [-0.39, 0.29) is 0 Å². The van der Waals surface area contributed by atoms with Crippen molar-refractivity contribution in [3.05, 3.63) is 35.9 Å². The minimum atomic E-state index is -0.757. The number of carboxylic acids is 1. The van der Waals surface area contributed by atoms with Crippen LogP contribution in [0.1, 0.15) is 89.5 Å². The van der Waals surface area contributed by atoms with Crippen molar-refractivity contribution in [2.45, 2.75) is 96.4 Å². The van der Waals surface area contributed by atoms with Gasteiger partial charge in [0.05, 0.1) is 0 Å². The van der Waals surface area contributed by atoms with Gasteiger partial charge in [0, 0.05) is 0 Å². The Bertz CT molecular complexity index is 447. The van der Waals surface area contributed by atoms with Crippen LogP contribution in [0, 0.1) is 0 Å². The Hall–Kier alpha value is -1.35. The number of carbonyl (C=O) groups is 1. The molecule has 3 heteroatoms. The molecule has 1 atom stereocenters. The highest BCUT2D eigenvalue weighted by molar-refractivity contribution is 5.73. The van der Waals surface area contributed by atoms with Gasteiger partial charge in [-0.3, -0.25) is 4.79 Å². The number of unbranched alkanes of at least 4 members (excludes halogenated alkanes) is 11. The normalized spacial score (nSPS) is 12.2. The Morgan fingerprint density at radius 1 is 0.846 bits per heavy atom. The molecule has 0 saturated carbocycles. The summed E-state index contributed by atoms with van der Waals surface area (Å²) < 4.78 is 0. The van der Waals surface area contributed by atoms with E-state index in [0.29, 0.717) is 6.42 Å². The molecule has 0 aliphatic carbocycles. The molecule has 0 spiro atoms. The van der Waals surface area contributed by atoms with Crippen LogP contribution in [0.3, 0.4) is 0 Å². The number of hydrogen-bond donors (Lipinski definition) is 2. The highest BCUT2D eigenvalue weighted by Gasteiger charge is 2.16. The summed E-state index contributed by atoms with van der Waals surface area (Å²) in [7, 11) is 0. The van der Waals surface area contributed by atoms with Crippen LogP contribution in [0.5, 0.6) is 0 Å². The van der Waals surface area contributed by atoms with Crippen molar-refractivity contribution in [2.24, 2.45) is 0 Å². The predicted molar refractivity (Wildman–Crippen MR) is 111 cm³/mol. The van der Waals surface area contributed by atoms with Crippen LogP contribution in [0.25, 0.3) is 0 Å².